The minimum Gasteiger partial charge on any atom is -0.379 e. The lowest BCUT2D eigenvalue weighted by atomic mass is 10.7. The molecule has 0 N–H and O–H groups in total. The second-order valence-electron chi connectivity index (χ2n) is 1.77. The summed E-state index contributed by atoms with van der Waals surface area (Å²) in [7, 11) is 0. The summed E-state index contributed by atoms with van der Waals surface area (Å²) in [5, 5.41) is 2.62. The molecule has 0 amide bonds. The predicted octanol–water partition coefficient (Wildman–Crippen LogP) is 0.399. The van der Waals surface area contributed by atoms with E-state index in [9.17, 15) is 9.32 Å². The summed E-state index contributed by atoms with van der Waals surface area (Å²) >= 11 is 0. The Morgan fingerprint density at radius 2 is 2.00 bits per heavy atom. The van der Waals surface area contributed by atoms with Crippen LogP contribution in [0.2, 0.25) is 0 Å². The maximum atomic E-state index is 10.9. The van der Waals surface area contributed by atoms with Crippen LogP contribution in [0.25, 0.3) is 0 Å². The Kier molecular flexibility index (Phi) is 7.87. The summed E-state index contributed by atoms with van der Waals surface area (Å²) in [5.41, 5.74) is 0. The molecule has 6 heteroatoms. The fourth-order valence-corrected chi connectivity index (χ4v) is 0.477. The SMILES string of the molecule is CCOCCOCC(=O)OOF. The van der Waals surface area contributed by atoms with Crippen LogP contribution < -0.4 is 0 Å². The molecule has 0 aromatic rings. The van der Waals surface area contributed by atoms with Crippen LogP contribution in [0.5, 0.6) is 0 Å². The topological polar surface area (TPSA) is 54.0 Å². The molecule has 0 saturated carbocycles. The van der Waals surface area contributed by atoms with Crippen molar-refractivity contribution in [3.63, 3.8) is 0 Å². The fraction of sp³-hybridized carbons (Fsp3) is 0.833. The molecule has 0 heterocycles. The number of ether oxygens (including phenoxy) is 2. The molecule has 0 aromatic heterocycles. The zero-order chi connectivity index (χ0) is 9.23. The number of hydrogen-bond acceptors (Lipinski definition) is 5. The van der Waals surface area contributed by atoms with Crippen molar-refractivity contribution in [3.05, 3.63) is 0 Å². The second kappa shape index (κ2) is 8.38. The number of hydrogen-bond donors (Lipinski definition) is 0. The highest BCUT2D eigenvalue weighted by atomic mass is 19.3. The van der Waals surface area contributed by atoms with Gasteiger partial charge in [-0.3, -0.25) is 4.89 Å². The summed E-state index contributed by atoms with van der Waals surface area (Å²) in [6, 6.07) is 0. The summed E-state index contributed by atoms with van der Waals surface area (Å²) in [6.45, 7) is 2.72. The van der Waals surface area contributed by atoms with Gasteiger partial charge in [-0.05, 0) is 11.4 Å². The molecular weight excluding hydrogens is 171 g/mol. The number of carbonyl (C=O) groups is 1. The van der Waals surface area contributed by atoms with Crippen LogP contribution in [0.15, 0.2) is 0 Å². The van der Waals surface area contributed by atoms with E-state index in [1.54, 1.807) is 0 Å². The first kappa shape index (κ1) is 11.3. The van der Waals surface area contributed by atoms with Crippen LogP contribution in [-0.4, -0.2) is 32.4 Å². The van der Waals surface area contributed by atoms with E-state index in [1.165, 1.54) is 0 Å². The van der Waals surface area contributed by atoms with Crippen LogP contribution in [0.3, 0.4) is 0 Å². The largest absolute Gasteiger partial charge is 0.379 e. The van der Waals surface area contributed by atoms with Crippen molar-refractivity contribution in [2.45, 2.75) is 6.92 Å². The van der Waals surface area contributed by atoms with E-state index in [0.29, 0.717) is 13.2 Å². The molecule has 12 heavy (non-hydrogen) atoms. The van der Waals surface area contributed by atoms with Crippen LogP contribution in [0, 0.1) is 0 Å². The zero-order valence-corrected chi connectivity index (χ0v) is 6.75. The molecule has 0 aromatic carbocycles. The molecule has 72 valence electrons. The highest BCUT2D eigenvalue weighted by Crippen LogP contribution is 1.84. The van der Waals surface area contributed by atoms with Crippen molar-refractivity contribution in [1.29, 1.82) is 0 Å². The summed E-state index contributed by atoms with van der Waals surface area (Å²) in [6.07, 6.45) is 0. The maximum Gasteiger partial charge on any atom is 0.371 e. The highest BCUT2D eigenvalue weighted by Gasteiger charge is 2.03. The molecule has 0 bridgehead atoms. The normalized spacial score (nSPS) is 9.83. The number of halogens is 1. The Labute approximate surface area is 69.2 Å². The standard InChI is InChI=1S/C6H11FO5/c1-2-9-3-4-10-5-6(8)11-12-7/h2-5H2,1H3. The molecule has 5 nitrogen and oxygen atoms in total. The van der Waals surface area contributed by atoms with E-state index < -0.39 is 5.97 Å². The highest BCUT2D eigenvalue weighted by molar-refractivity contribution is 5.69. The van der Waals surface area contributed by atoms with Crippen molar-refractivity contribution in [1.82, 2.24) is 0 Å². The Morgan fingerprint density at radius 1 is 1.33 bits per heavy atom. The molecule has 0 radical (unpaired) electrons. The van der Waals surface area contributed by atoms with Crippen molar-refractivity contribution in [2.75, 3.05) is 26.4 Å². The van der Waals surface area contributed by atoms with Crippen molar-refractivity contribution in [3.8, 4) is 0 Å². The molecule has 0 spiro atoms. The van der Waals surface area contributed by atoms with Gasteiger partial charge in [0.05, 0.1) is 13.2 Å². The summed E-state index contributed by atoms with van der Waals surface area (Å²) < 4.78 is 20.4. The van der Waals surface area contributed by atoms with Gasteiger partial charge in [0.2, 0.25) is 0 Å². The maximum absolute atomic E-state index is 10.9. The monoisotopic (exact) mass is 182 g/mol. The van der Waals surface area contributed by atoms with Crippen molar-refractivity contribution >= 4 is 5.97 Å². The van der Waals surface area contributed by atoms with Gasteiger partial charge in [-0.25, -0.2) is 4.79 Å². The lowest BCUT2D eigenvalue weighted by molar-refractivity contribution is -0.400. The van der Waals surface area contributed by atoms with E-state index in [-0.39, 0.29) is 13.2 Å². The molecule has 0 aliphatic carbocycles. The average molecular weight is 182 g/mol. The lowest BCUT2D eigenvalue weighted by Crippen LogP contribution is -2.14. The minimum atomic E-state index is -0.922. The Bertz CT molecular complexity index is 119. The zero-order valence-electron chi connectivity index (χ0n) is 6.75. The first-order chi connectivity index (χ1) is 5.81. The molecule has 0 aliphatic rings. The molecule has 0 fully saturated rings. The minimum absolute atomic E-state index is 0.259. The van der Waals surface area contributed by atoms with Crippen LogP contribution in [-0.2, 0) is 24.2 Å². The van der Waals surface area contributed by atoms with E-state index >= 15 is 0 Å². The summed E-state index contributed by atoms with van der Waals surface area (Å²) in [4.78, 5) is 13.8. The molecule has 0 aliphatic heterocycles. The van der Waals surface area contributed by atoms with Crippen molar-refractivity contribution in [2.24, 2.45) is 0 Å². The molecule has 0 atom stereocenters. The van der Waals surface area contributed by atoms with Crippen LogP contribution >= 0.6 is 0 Å². The van der Waals surface area contributed by atoms with Gasteiger partial charge in [0.25, 0.3) is 0 Å². The molecule has 0 rings (SSSR count). The van der Waals surface area contributed by atoms with Crippen LogP contribution in [0.1, 0.15) is 6.92 Å². The predicted molar refractivity (Wildman–Crippen MR) is 35.6 cm³/mol. The third-order valence-electron chi connectivity index (χ3n) is 0.920. The third-order valence-corrected chi connectivity index (χ3v) is 0.920. The Morgan fingerprint density at radius 3 is 2.58 bits per heavy atom. The molecular formula is C6H11FO5. The second-order valence-corrected chi connectivity index (χ2v) is 1.77. The summed E-state index contributed by atoms with van der Waals surface area (Å²) in [5.74, 6) is -0.922. The number of carbonyl (C=O) groups excluding carboxylic acids is 1. The van der Waals surface area contributed by atoms with E-state index in [1.807, 2.05) is 6.92 Å². The van der Waals surface area contributed by atoms with Gasteiger partial charge in [-0.2, -0.15) is 0 Å². The van der Waals surface area contributed by atoms with Gasteiger partial charge in [0.1, 0.15) is 6.61 Å². The van der Waals surface area contributed by atoms with E-state index in [4.69, 9.17) is 9.47 Å². The first-order valence-electron chi connectivity index (χ1n) is 3.44. The van der Waals surface area contributed by atoms with Crippen LogP contribution in [0.4, 0.5) is 4.53 Å². The fourth-order valence-electron chi connectivity index (χ4n) is 0.477. The van der Waals surface area contributed by atoms with E-state index in [2.05, 4.69) is 9.98 Å². The molecule has 0 unspecified atom stereocenters. The van der Waals surface area contributed by atoms with E-state index in [0.717, 1.165) is 0 Å². The Hall–Kier alpha value is -0.720. The van der Waals surface area contributed by atoms with Gasteiger partial charge >= 0.3 is 5.97 Å². The number of rotatable bonds is 7. The van der Waals surface area contributed by atoms with Gasteiger partial charge in [-0.1, -0.05) is 0 Å². The molecule has 0 saturated heterocycles. The first-order valence-corrected chi connectivity index (χ1v) is 3.44. The smallest absolute Gasteiger partial charge is 0.371 e. The van der Waals surface area contributed by atoms with Gasteiger partial charge in [0.15, 0.2) is 0 Å². The van der Waals surface area contributed by atoms with Gasteiger partial charge < -0.3 is 9.47 Å². The Balaban J connectivity index is 3.03. The third kappa shape index (κ3) is 7.39. The average Bonchev–Trinajstić information content (AvgIpc) is 2.05. The van der Waals surface area contributed by atoms with Gasteiger partial charge in [0, 0.05) is 11.7 Å². The van der Waals surface area contributed by atoms with Crippen molar-refractivity contribution < 1.29 is 28.8 Å². The lowest BCUT2D eigenvalue weighted by Gasteiger charge is -2.01. The van der Waals surface area contributed by atoms with Gasteiger partial charge in [-0.15, -0.1) is 0 Å². The quantitative estimate of drug-likeness (QED) is 0.324.